The standard InChI is InChI=1S/C17H16F3NO4S/c1-7-8(4-5-11(21-7)17(18,19)20)13(22)12-14(23)9-6-10(9)16(2,15(12)24)26(3)25/h4-5,9-10,22H,6H2,1-3H3/b13-12+. The van der Waals surface area contributed by atoms with Crippen molar-refractivity contribution >= 4 is 28.1 Å². The van der Waals surface area contributed by atoms with Gasteiger partial charge in [-0.3, -0.25) is 13.8 Å². The third-order valence-electron chi connectivity index (χ3n) is 5.22. The Morgan fingerprint density at radius 1 is 1.35 bits per heavy atom. The Hall–Kier alpha value is -2.03. The Kier molecular flexibility index (Phi) is 4.14. The van der Waals surface area contributed by atoms with Crippen molar-refractivity contribution in [3.8, 4) is 0 Å². The number of pyridine rings is 1. The largest absolute Gasteiger partial charge is 0.506 e. The number of aromatic nitrogens is 1. The van der Waals surface area contributed by atoms with Gasteiger partial charge in [0.25, 0.3) is 0 Å². The van der Waals surface area contributed by atoms with Crippen molar-refractivity contribution < 1.29 is 32.1 Å². The molecule has 5 nitrogen and oxygen atoms in total. The number of ketones is 2. The number of alkyl halides is 3. The molecule has 3 rings (SSSR count). The number of carbonyl (C=O) groups is 2. The maximum absolute atomic E-state index is 12.9. The molecule has 0 radical (unpaired) electrons. The molecule has 1 N–H and O–H groups in total. The average molecular weight is 387 g/mol. The zero-order valence-corrected chi connectivity index (χ0v) is 15.0. The van der Waals surface area contributed by atoms with Crippen molar-refractivity contribution in [3.63, 3.8) is 0 Å². The molecule has 2 aliphatic rings. The molecule has 0 aliphatic heterocycles. The molecule has 1 aromatic heterocycles. The van der Waals surface area contributed by atoms with Crippen molar-refractivity contribution in [2.45, 2.75) is 31.2 Å². The molecule has 2 saturated carbocycles. The molecule has 2 fully saturated rings. The molecule has 4 unspecified atom stereocenters. The molecular weight excluding hydrogens is 371 g/mol. The lowest BCUT2D eigenvalue weighted by atomic mass is 9.82. The van der Waals surface area contributed by atoms with E-state index < -0.39 is 56.2 Å². The quantitative estimate of drug-likeness (QED) is 0.479. The summed E-state index contributed by atoms with van der Waals surface area (Å²) < 4.78 is 49.1. The second kappa shape index (κ2) is 5.73. The number of carbonyl (C=O) groups excluding carboxylic acids is 2. The number of allylic oxidation sites excluding steroid dienone is 1. The van der Waals surface area contributed by atoms with E-state index in [1.807, 2.05) is 0 Å². The third kappa shape index (κ3) is 2.60. The maximum atomic E-state index is 12.9. The summed E-state index contributed by atoms with van der Waals surface area (Å²) in [5.41, 5.74) is -1.92. The first kappa shape index (κ1) is 18.8. The van der Waals surface area contributed by atoms with Gasteiger partial charge in [-0.2, -0.15) is 13.2 Å². The molecule has 1 aromatic rings. The molecule has 2 aliphatic carbocycles. The first-order valence-corrected chi connectivity index (χ1v) is 9.37. The molecular formula is C17H16F3NO4S. The summed E-state index contributed by atoms with van der Waals surface area (Å²) in [5.74, 6) is -2.84. The first-order chi connectivity index (χ1) is 11.9. The summed E-state index contributed by atoms with van der Waals surface area (Å²) in [7, 11) is -1.58. The van der Waals surface area contributed by atoms with E-state index in [0.717, 1.165) is 6.07 Å². The monoisotopic (exact) mass is 387 g/mol. The van der Waals surface area contributed by atoms with E-state index in [1.165, 1.54) is 20.1 Å². The fourth-order valence-electron chi connectivity index (χ4n) is 3.48. The molecule has 9 heteroatoms. The van der Waals surface area contributed by atoms with Crippen molar-refractivity contribution in [3.05, 3.63) is 34.7 Å². The molecule has 4 atom stereocenters. The Labute approximate surface area is 149 Å². The highest BCUT2D eigenvalue weighted by Crippen LogP contribution is 2.55. The van der Waals surface area contributed by atoms with Gasteiger partial charge in [0.15, 0.2) is 11.6 Å². The summed E-state index contributed by atoms with van der Waals surface area (Å²) in [5, 5.41) is 10.5. The van der Waals surface area contributed by atoms with Crippen LogP contribution in [0.25, 0.3) is 5.76 Å². The predicted molar refractivity (Wildman–Crippen MR) is 87.6 cm³/mol. The van der Waals surface area contributed by atoms with Gasteiger partial charge in [0.05, 0.1) is 0 Å². The van der Waals surface area contributed by atoms with Gasteiger partial charge in [0.1, 0.15) is 21.8 Å². The van der Waals surface area contributed by atoms with Crippen LogP contribution in [0.15, 0.2) is 17.7 Å². The van der Waals surface area contributed by atoms with E-state index in [2.05, 4.69) is 4.98 Å². The number of hydrogen-bond donors (Lipinski definition) is 1. The maximum Gasteiger partial charge on any atom is 0.433 e. The van der Waals surface area contributed by atoms with E-state index in [-0.39, 0.29) is 17.2 Å². The molecule has 0 spiro atoms. The fourth-order valence-corrected chi connectivity index (χ4v) is 4.53. The van der Waals surface area contributed by atoms with Crippen LogP contribution < -0.4 is 0 Å². The second-order valence-corrected chi connectivity index (χ2v) is 8.51. The number of Topliss-reactive ketones (excluding diaryl/α,β-unsaturated/α-hetero) is 2. The van der Waals surface area contributed by atoms with Crippen LogP contribution in [0.5, 0.6) is 0 Å². The van der Waals surface area contributed by atoms with Crippen LogP contribution >= 0.6 is 0 Å². The Balaban J connectivity index is 2.13. The lowest BCUT2D eigenvalue weighted by Crippen LogP contribution is -2.48. The molecule has 140 valence electrons. The Morgan fingerprint density at radius 3 is 2.46 bits per heavy atom. The Bertz CT molecular complexity index is 892. The van der Waals surface area contributed by atoms with E-state index in [4.69, 9.17) is 0 Å². The summed E-state index contributed by atoms with van der Waals surface area (Å²) in [6.07, 6.45) is -2.88. The van der Waals surface area contributed by atoms with Crippen molar-refractivity contribution in [2.24, 2.45) is 11.8 Å². The van der Waals surface area contributed by atoms with Crippen molar-refractivity contribution in [1.29, 1.82) is 0 Å². The molecule has 1 heterocycles. The summed E-state index contributed by atoms with van der Waals surface area (Å²) in [4.78, 5) is 28.8. The van der Waals surface area contributed by atoms with Crippen molar-refractivity contribution in [1.82, 2.24) is 4.98 Å². The number of aliphatic hydroxyl groups excluding tert-OH is 1. The molecule has 0 saturated heterocycles. The van der Waals surface area contributed by atoms with Gasteiger partial charge in [0, 0.05) is 34.2 Å². The van der Waals surface area contributed by atoms with Crippen LogP contribution in [0, 0.1) is 18.8 Å². The summed E-state index contributed by atoms with van der Waals surface area (Å²) >= 11 is 0. The molecule has 0 aromatic carbocycles. The summed E-state index contributed by atoms with van der Waals surface area (Å²) in [6.45, 7) is 2.74. The minimum atomic E-state index is -4.65. The predicted octanol–water partition coefficient (Wildman–Crippen LogP) is 2.60. The SMILES string of the molecule is Cc1nc(C(F)(F)F)ccc1/C(O)=C1/C(=O)C2CC2C(C)(S(C)=O)C1=O. The highest BCUT2D eigenvalue weighted by Gasteiger charge is 2.65. The van der Waals surface area contributed by atoms with E-state index >= 15 is 0 Å². The average Bonchev–Trinajstić information content (AvgIpc) is 3.33. The van der Waals surface area contributed by atoms with Crippen molar-refractivity contribution in [2.75, 3.05) is 6.26 Å². The minimum absolute atomic E-state index is 0.127. The number of nitrogens with zero attached hydrogens (tertiary/aromatic N) is 1. The number of aryl methyl sites for hydroxylation is 1. The third-order valence-corrected chi connectivity index (χ3v) is 6.91. The second-order valence-electron chi connectivity index (χ2n) is 6.75. The lowest BCUT2D eigenvalue weighted by molar-refractivity contribution is -0.141. The minimum Gasteiger partial charge on any atom is -0.506 e. The van der Waals surface area contributed by atoms with Gasteiger partial charge in [-0.25, -0.2) is 4.98 Å². The van der Waals surface area contributed by atoms with Gasteiger partial charge in [-0.05, 0) is 38.3 Å². The van der Waals surface area contributed by atoms with Gasteiger partial charge in [-0.15, -0.1) is 0 Å². The normalized spacial score (nSPS) is 31.5. The highest BCUT2D eigenvalue weighted by atomic mass is 32.2. The van der Waals surface area contributed by atoms with Gasteiger partial charge in [0.2, 0.25) is 0 Å². The van der Waals surface area contributed by atoms with Gasteiger partial charge >= 0.3 is 6.18 Å². The number of hydrogen-bond acceptors (Lipinski definition) is 5. The van der Waals surface area contributed by atoms with Gasteiger partial charge in [-0.1, -0.05) is 0 Å². The lowest BCUT2D eigenvalue weighted by Gasteiger charge is -2.30. The van der Waals surface area contributed by atoms with E-state index in [0.29, 0.717) is 12.5 Å². The smallest absolute Gasteiger partial charge is 0.433 e. The fraction of sp³-hybridized carbons (Fsp3) is 0.471. The number of halogens is 3. The zero-order chi connectivity index (χ0) is 19.6. The number of fused-ring (bicyclic) bond motifs is 1. The molecule has 26 heavy (non-hydrogen) atoms. The van der Waals surface area contributed by atoms with E-state index in [9.17, 15) is 32.1 Å². The Morgan fingerprint density at radius 2 is 1.96 bits per heavy atom. The zero-order valence-electron chi connectivity index (χ0n) is 14.2. The van der Waals surface area contributed by atoms with Crippen LogP contribution in [0.2, 0.25) is 0 Å². The first-order valence-electron chi connectivity index (χ1n) is 7.81. The van der Waals surface area contributed by atoms with Crippen LogP contribution in [-0.2, 0) is 26.6 Å². The van der Waals surface area contributed by atoms with Crippen LogP contribution in [0.4, 0.5) is 13.2 Å². The highest BCUT2D eigenvalue weighted by molar-refractivity contribution is 7.86. The molecule has 0 amide bonds. The van der Waals surface area contributed by atoms with Crippen LogP contribution in [0.3, 0.4) is 0 Å². The summed E-state index contributed by atoms with van der Waals surface area (Å²) in [6, 6.07) is 1.65. The number of aliphatic hydroxyl groups is 1. The molecule has 0 bridgehead atoms. The van der Waals surface area contributed by atoms with Crippen LogP contribution in [-0.4, -0.2) is 36.9 Å². The number of rotatable bonds is 2. The van der Waals surface area contributed by atoms with Gasteiger partial charge < -0.3 is 5.11 Å². The van der Waals surface area contributed by atoms with E-state index in [1.54, 1.807) is 0 Å². The van der Waals surface area contributed by atoms with Crippen LogP contribution in [0.1, 0.15) is 30.3 Å². The topological polar surface area (TPSA) is 84.3 Å².